The number of unbranched alkanes of at least 4 members (excludes halogenated alkanes) is 2. The van der Waals surface area contributed by atoms with Crippen LogP contribution in [0.5, 0.6) is 0 Å². The number of nitrogens with zero attached hydrogens (tertiary/aromatic N) is 2. The van der Waals surface area contributed by atoms with Crippen LogP contribution in [0.3, 0.4) is 0 Å². The Labute approximate surface area is 331 Å². The number of nitrogens with two attached hydrogens (primary N) is 1. The molecule has 5 amide bonds. The first-order valence-electron chi connectivity index (χ1n) is 19.7. The first kappa shape index (κ1) is 44.5. The zero-order valence-electron chi connectivity index (χ0n) is 32.5. The number of urea groups is 1. The predicted molar refractivity (Wildman–Crippen MR) is 211 cm³/mol. The molecule has 3 aromatic rings. The largest absolute Gasteiger partial charge is 0.490 e. The van der Waals surface area contributed by atoms with Crippen LogP contribution in [0.15, 0.2) is 72.8 Å². The molecular weight excluding hydrogens is 741 g/mol. The summed E-state index contributed by atoms with van der Waals surface area (Å²) in [7, 11) is 0. The van der Waals surface area contributed by atoms with Gasteiger partial charge in [0.2, 0.25) is 17.7 Å². The maximum Gasteiger partial charge on any atom is 0.490 e. The van der Waals surface area contributed by atoms with Crippen LogP contribution in [0.1, 0.15) is 69.4 Å². The van der Waals surface area contributed by atoms with Gasteiger partial charge in [-0.25, -0.2) is 9.59 Å². The molecule has 0 aromatic heterocycles. The fourth-order valence-electron chi connectivity index (χ4n) is 7.46. The van der Waals surface area contributed by atoms with Crippen LogP contribution >= 0.6 is 0 Å². The summed E-state index contributed by atoms with van der Waals surface area (Å²) in [4.78, 5) is 66.8. The lowest BCUT2D eigenvalue weighted by molar-refractivity contribution is -0.192. The van der Waals surface area contributed by atoms with E-state index in [1.165, 1.54) is 0 Å². The summed E-state index contributed by atoms with van der Waals surface area (Å²) in [6.07, 6.45) is 1.65. The number of halogens is 3. The lowest BCUT2D eigenvalue weighted by atomic mass is 9.74. The van der Waals surface area contributed by atoms with E-state index in [1.54, 1.807) is 9.80 Å². The van der Waals surface area contributed by atoms with Crippen molar-refractivity contribution in [3.8, 4) is 0 Å². The van der Waals surface area contributed by atoms with Gasteiger partial charge in [0.25, 0.3) is 0 Å². The molecule has 15 heteroatoms. The van der Waals surface area contributed by atoms with E-state index in [-0.39, 0.29) is 36.3 Å². The Morgan fingerprint density at radius 2 is 1.54 bits per heavy atom. The number of alkyl halides is 3. The Kier molecular flexibility index (Phi) is 16.7. The van der Waals surface area contributed by atoms with Gasteiger partial charge in [-0.05, 0) is 80.3 Å². The third-order valence-electron chi connectivity index (χ3n) is 10.4. The number of rotatable bonds is 14. The fraction of sp³-hybridized carbons (Fsp3) is 0.500. The summed E-state index contributed by atoms with van der Waals surface area (Å²) in [5.41, 5.74) is 6.80. The van der Waals surface area contributed by atoms with Crippen molar-refractivity contribution in [3.05, 3.63) is 83.9 Å². The molecule has 310 valence electrons. The summed E-state index contributed by atoms with van der Waals surface area (Å²) in [6.45, 7) is 4.85. The van der Waals surface area contributed by atoms with Crippen LogP contribution in [-0.2, 0) is 32.0 Å². The number of hydrogen-bond donors (Lipinski definition) is 5. The zero-order chi connectivity index (χ0) is 41.4. The Balaban J connectivity index is 0.000000940. The van der Waals surface area contributed by atoms with E-state index in [0.717, 1.165) is 41.2 Å². The van der Waals surface area contributed by atoms with E-state index >= 15 is 0 Å². The van der Waals surface area contributed by atoms with E-state index < -0.39 is 23.6 Å². The van der Waals surface area contributed by atoms with Crippen LogP contribution in [0.4, 0.5) is 18.0 Å². The number of fused-ring (bicyclic) bond motifs is 1. The molecule has 0 spiro atoms. The number of carboxylic acid groups (broad SMARTS) is 1. The monoisotopic (exact) mass is 796 g/mol. The number of carboxylic acids is 1. The molecule has 0 bridgehead atoms. The number of amides is 5. The van der Waals surface area contributed by atoms with Crippen LogP contribution in [0.2, 0.25) is 0 Å². The van der Waals surface area contributed by atoms with Gasteiger partial charge in [0.15, 0.2) is 0 Å². The number of hydrogen-bond acceptors (Lipinski definition) is 6. The van der Waals surface area contributed by atoms with Crippen LogP contribution in [0, 0.1) is 5.41 Å². The second-order valence-electron chi connectivity index (χ2n) is 14.8. The highest BCUT2D eigenvalue weighted by Crippen LogP contribution is 2.35. The van der Waals surface area contributed by atoms with Crippen molar-refractivity contribution in [2.45, 2.75) is 89.4 Å². The number of aliphatic carboxylic acids is 1. The molecule has 6 N–H and O–H groups in total. The number of benzene rings is 3. The van der Waals surface area contributed by atoms with Crippen molar-refractivity contribution in [1.29, 1.82) is 0 Å². The highest BCUT2D eigenvalue weighted by atomic mass is 19.4. The fourth-order valence-corrected chi connectivity index (χ4v) is 7.46. The van der Waals surface area contributed by atoms with Crippen molar-refractivity contribution in [3.63, 3.8) is 0 Å². The van der Waals surface area contributed by atoms with Gasteiger partial charge in [-0.1, -0.05) is 79.2 Å². The molecule has 0 saturated carbocycles. The number of carbonyl (C=O) groups is 5. The highest BCUT2D eigenvalue weighted by Gasteiger charge is 2.44. The van der Waals surface area contributed by atoms with E-state index in [0.29, 0.717) is 77.7 Å². The van der Waals surface area contributed by atoms with Crippen molar-refractivity contribution >= 4 is 40.5 Å². The van der Waals surface area contributed by atoms with Gasteiger partial charge in [-0.15, -0.1) is 0 Å². The third kappa shape index (κ3) is 13.5. The molecule has 5 rings (SSSR count). The molecular formula is C42H55F3N6O6. The molecule has 0 aliphatic carbocycles. The van der Waals surface area contributed by atoms with Crippen LogP contribution in [-0.4, -0.2) is 102 Å². The lowest BCUT2D eigenvalue weighted by Crippen LogP contribution is -2.59. The van der Waals surface area contributed by atoms with Crippen molar-refractivity contribution in [2.75, 3.05) is 39.3 Å². The molecule has 2 aliphatic heterocycles. The van der Waals surface area contributed by atoms with Gasteiger partial charge in [0.1, 0.15) is 6.04 Å². The Hall–Kier alpha value is -5.18. The minimum atomic E-state index is -5.08. The first-order chi connectivity index (χ1) is 27.2. The average molecular weight is 797 g/mol. The molecule has 2 atom stereocenters. The number of piperidine rings is 2. The molecule has 57 heavy (non-hydrogen) atoms. The molecule has 2 heterocycles. The van der Waals surface area contributed by atoms with Crippen LogP contribution in [0.25, 0.3) is 10.8 Å². The van der Waals surface area contributed by atoms with Crippen molar-refractivity contribution in [2.24, 2.45) is 11.1 Å². The van der Waals surface area contributed by atoms with Gasteiger partial charge in [0.05, 0.1) is 5.41 Å². The van der Waals surface area contributed by atoms with Gasteiger partial charge in [-0.3, -0.25) is 14.4 Å². The van der Waals surface area contributed by atoms with Gasteiger partial charge in [0, 0.05) is 51.6 Å². The van der Waals surface area contributed by atoms with Crippen LogP contribution < -0.4 is 21.7 Å². The zero-order valence-corrected chi connectivity index (χ0v) is 32.5. The first-order valence-corrected chi connectivity index (χ1v) is 19.7. The van der Waals surface area contributed by atoms with Crippen molar-refractivity contribution < 1.29 is 42.3 Å². The SMILES string of the molecule is CCNC(=O)[C@]1(Cc2ccccc2)CCCN(C(=O)C(Cc2ccc3ccccc3c2)NC(=O)N2CCC(NC(=O)CCCCCN)CC2)C1.O=C(O)C(F)(F)F. The average Bonchev–Trinajstić information content (AvgIpc) is 3.19. The standard InChI is InChI=1S/C40H54N6O4.C2HF3O2/c1-2-42-38(49)40(28-30-12-5-3-6-13-30)21-11-23-46(29-40)37(48)35(27-31-17-18-32-14-8-9-15-33(32)26-31)44-39(50)45-24-19-34(20-25-45)43-36(47)16-7-4-10-22-41;3-2(4,5)1(6)7/h3,5-6,8-9,12-15,17-18,26,34-35H,2,4,7,10-11,16,19-25,27-29,41H2,1H3,(H,42,49)(H,43,47)(H,44,50);(H,6,7)/t35?,40-;/m0./s1. The molecule has 1 unspecified atom stereocenters. The Morgan fingerprint density at radius 3 is 2.19 bits per heavy atom. The maximum atomic E-state index is 14.5. The van der Waals surface area contributed by atoms with E-state index in [2.05, 4.69) is 28.1 Å². The minimum Gasteiger partial charge on any atom is -0.475 e. The third-order valence-corrected chi connectivity index (χ3v) is 10.4. The van der Waals surface area contributed by atoms with E-state index in [4.69, 9.17) is 15.6 Å². The second-order valence-corrected chi connectivity index (χ2v) is 14.8. The van der Waals surface area contributed by atoms with Gasteiger partial charge in [-0.2, -0.15) is 13.2 Å². The Morgan fingerprint density at radius 1 is 0.877 bits per heavy atom. The summed E-state index contributed by atoms with van der Waals surface area (Å²) < 4.78 is 31.7. The highest BCUT2D eigenvalue weighted by molar-refractivity contribution is 5.90. The number of nitrogens with one attached hydrogen (secondary N) is 3. The molecule has 2 saturated heterocycles. The number of likely N-dealkylation sites (tertiary alicyclic amines) is 2. The summed E-state index contributed by atoms with van der Waals surface area (Å²) >= 11 is 0. The maximum absolute atomic E-state index is 14.5. The lowest BCUT2D eigenvalue weighted by Gasteiger charge is -2.43. The smallest absolute Gasteiger partial charge is 0.475 e. The minimum absolute atomic E-state index is 0.0245. The van der Waals surface area contributed by atoms with E-state index in [1.807, 2.05) is 67.6 Å². The summed E-state index contributed by atoms with van der Waals surface area (Å²) in [6, 6.07) is 23.1. The Bertz CT molecular complexity index is 1800. The van der Waals surface area contributed by atoms with E-state index in [9.17, 15) is 32.3 Å². The van der Waals surface area contributed by atoms with Gasteiger partial charge >= 0.3 is 18.2 Å². The normalized spacial score (nSPS) is 17.8. The predicted octanol–water partition coefficient (Wildman–Crippen LogP) is 5.18. The molecule has 3 aromatic carbocycles. The quantitative estimate of drug-likeness (QED) is 0.140. The summed E-state index contributed by atoms with van der Waals surface area (Å²) in [5.74, 6) is -2.93. The van der Waals surface area contributed by atoms with Gasteiger partial charge < -0.3 is 36.6 Å². The van der Waals surface area contributed by atoms with Crippen molar-refractivity contribution in [1.82, 2.24) is 25.8 Å². The molecule has 0 radical (unpaired) electrons. The second kappa shape index (κ2) is 21.4. The summed E-state index contributed by atoms with van der Waals surface area (Å²) in [5, 5.41) is 18.6. The topological polar surface area (TPSA) is 174 Å². The molecule has 2 aliphatic rings. The molecule has 2 fully saturated rings. The number of carbonyl (C=O) groups excluding carboxylic acids is 4. The molecule has 12 nitrogen and oxygen atoms in total.